The molecule has 21 heavy (non-hydrogen) atoms. The Morgan fingerprint density at radius 1 is 1.38 bits per heavy atom. The molecule has 5 nitrogen and oxygen atoms in total. The lowest BCUT2D eigenvalue weighted by atomic mass is 10.2. The summed E-state index contributed by atoms with van der Waals surface area (Å²) in [6, 6.07) is 7.94. The van der Waals surface area contributed by atoms with Gasteiger partial charge >= 0.3 is 0 Å². The van der Waals surface area contributed by atoms with E-state index in [1.165, 1.54) is 0 Å². The average molecular weight is 294 g/mol. The molecule has 0 heterocycles. The van der Waals surface area contributed by atoms with E-state index in [4.69, 9.17) is 9.47 Å². The molecule has 1 amide bonds. The van der Waals surface area contributed by atoms with E-state index in [9.17, 15) is 4.79 Å². The standard InChI is InChI=1S/C16H26N2O3/c1-13(2)18(3)16(19)12-21-15-7-5-6-14(10-15)11-17-8-9-20-4/h5-7,10,13,17H,8-9,11-12H2,1-4H3. The number of benzene rings is 1. The van der Waals surface area contributed by atoms with Crippen LogP contribution in [0.3, 0.4) is 0 Å². The lowest BCUT2D eigenvalue weighted by Crippen LogP contribution is -2.36. The van der Waals surface area contributed by atoms with Crippen molar-refractivity contribution in [3.63, 3.8) is 0 Å². The Labute approximate surface area is 127 Å². The molecule has 0 unspecified atom stereocenters. The molecule has 0 aliphatic rings. The van der Waals surface area contributed by atoms with E-state index < -0.39 is 0 Å². The van der Waals surface area contributed by atoms with Crippen molar-refractivity contribution in [3.8, 4) is 5.75 Å². The predicted octanol–water partition coefficient (Wildman–Crippen LogP) is 1.67. The number of ether oxygens (including phenoxy) is 2. The maximum Gasteiger partial charge on any atom is 0.260 e. The highest BCUT2D eigenvalue weighted by atomic mass is 16.5. The molecular weight excluding hydrogens is 268 g/mol. The summed E-state index contributed by atoms with van der Waals surface area (Å²) in [6.07, 6.45) is 0. The van der Waals surface area contributed by atoms with Crippen molar-refractivity contribution in [2.24, 2.45) is 0 Å². The minimum absolute atomic E-state index is 0.0198. The van der Waals surface area contributed by atoms with Gasteiger partial charge in [-0.25, -0.2) is 0 Å². The Balaban J connectivity index is 2.43. The number of nitrogens with one attached hydrogen (secondary N) is 1. The lowest BCUT2D eigenvalue weighted by molar-refractivity contribution is -0.133. The number of carbonyl (C=O) groups is 1. The van der Waals surface area contributed by atoms with E-state index in [1.807, 2.05) is 38.1 Å². The molecule has 0 aliphatic heterocycles. The molecule has 0 aromatic heterocycles. The van der Waals surface area contributed by atoms with Gasteiger partial charge in [0.25, 0.3) is 5.91 Å². The van der Waals surface area contributed by atoms with Crippen LogP contribution in [0.2, 0.25) is 0 Å². The third kappa shape index (κ3) is 6.60. The fourth-order valence-corrected chi connectivity index (χ4v) is 1.69. The molecule has 0 fully saturated rings. The topological polar surface area (TPSA) is 50.8 Å². The van der Waals surface area contributed by atoms with Gasteiger partial charge in [0.15, 0.2) is 6.61 Å². The smallest absolute Gasteiger partial charge is 0.260 e. The van der Waals surface area contributed by atoms with E-state index in [2.05, 4.69) is 5.32 Å². The minimum atomic E-state index is -0.0198. The molecule has 118 valence electrons. The number of hydrogen-bond acceptors (Lipinski definition) is 4. The van der Waals surface area contributed by atoms with Crippen molar-refractivity contribution < 1.29 is 14.3 Å². The normalized spacial score (nSPS) is 10.7. The molecule has 1 N–H and O–H groups in total. The summed E-state index contributed by atoms with van der Waals surface area (Å²) >= 11 is 0. The van der Waals surface area contributed by atoms with Gasteiger partial charge in [-0.3, -0.25) is 4.79 Å². The van der Waals surface area contributed by atoms with Gasteiger partial charge in [0, 0.05) is 33.3 Å². The lowest BCUT2D eigenvalue weighted by Gasteiger charge is -2.21. The maximum atomic E-state index is 11.9. The van der Waals surface area contributed by atoms with Crippen molar-refractivity contribution in [1.29, 1.82) is 0 Å². The van der Waals surface area contributed by atoms with Gasteiger partial charge in [-0.1, -0.05) is 12.1 Å². The third-order valence-electron chi connectivity index (χ3n) is 3.24. The minimum Gasteiger partial charge on any atom is -0.484 e. The molecule has 5 heteroatoms. The first-order valence-corrected chi connectivity index (χ1v) is 7.21. The van der Waals surface area contributed by atoms with Crippen LogP contribution in [0, 0.1) is 0 Å². The van der Waals surface area contributed by atoms with Gasteiger partial charge in [0.05, 0.1) is 6.61 Å². The quantitative estimate of drug-likeness (QED) is 0.704. The third-order valence-corrected chi connectivity index (χ3v) is 3.24. The van der Waals surface area contributed by atoms with Crippen LogP contribution in [-0.4, -0.2) is 50.8 Å². The summed E-state index contributed by atoms with van der Waals surface area (Å²) in [4.78, 5) is 13.5. The summed E-state index contributed by atoms with van der Waals surface area (Å²) in [7, 11) is 3.47. The molecule has 0 bridgehead atoms. The van der Waals surface area contributed by atoms with Crippen molar-refractivity contribution in [2.75, 3.05) is 33.9 Å². The Kier molecular flexibility index (Phi) is 7.79. The first-order chi connectivity index (χ1) is 10.0. The molecule has 0 spiro atoms. The van der Waals surface area contributed by atoms with E-state index in [-0.39, 0.29) is 18.6 Å². The van der Waals surface area contributed by atoms with Crippen molar-refractivity contribution in [2.45, 2.75) is 26.4 Å². The van der Waals surface area contributed by atoms with E-state index in [1.54, 1.807) is 19.1 Å². The molecule has 1 aromatic carbocycles. The van der Waals surface area contributed by atoms with Crippen LogP contribution in [0.15, 0.2) is 24.3 Å². The second kappa shape index (κ2) is 9.37. The summed E-state index contributed by atoms with van der Waals surface area (Å²) in [5, 5.41) is 3.27. The first-order valence-electron chi connectivity index (χ1n) is 7.21. The largest absolute Gasteiger partial charge is 0.484 e. The van der Waals surface area contributed by atoms with Crippen LogP contribution < -0.4 is 10.1 Å². The van der Waals surface area contributed by atoms with E-state index in [0.29, 0.717) is 12.4 Å². The number of nitrogens with zero attached hydrogens (tertiary/aromatic N) is 1. The van der Waals surface area contributed by atoms with Crippen molar-refractivity contribution in [3.05, 3.63) is 29.8 Å². The predicted molar refractivity (Wildman–Crippen MR) is 83.4 cm³/mol. The Bertz CT molecular complexity index is 435. The van der Waals surface area contributed by atoms with Crippen LogP contribution in [-0.2, 0) is 16.1 Å². The zero-order valence-electron chi connectivity index (χ0n) is 13.4. The number of rotatable bonds is 9. The first kappa shape index (κ1) is 17.5. The number of methoxy groups -OCH3 is 1. The monoisotopic (exact) mass is 294 g/mol. The van der Waals surface area contributed by atoms with Crippen LogP contribution in [0.4, 0.5) is 0 Å². The number of amides is 1. The molecule has 0 atom stereocenters. The Morgan fingerprint density at radius 3 is 2.81 bits per heavy atom. The maximum absolute atomic E-state index is 11.9. The van der Waals surface area contributed by atoms with Crippen LogP contribution in [0.5, 0.6) is 5.75 Å². The summed E-state index contributed by atoms with van der Waals surface area (Å²) in [5.41, 5.74) is 1.12. The van der Waals surface area contributed by atoms with Crippen molar-refractivity contribution >= 4 is 5.91 Å². The number of hydrogen-bond donors (Lipinski definition) is 1. The molecule has 1 aromatic rings. The summed E-state index contributed by atoms with van der Waals surface area (Å²) in [5.74, 6) is 0.695. The molecule has 0 saturated carbocycles. The van der Waals surface area contributed by atoms with E-state index in [0.717, 1.165) is 18.7 Å². The zero-order chi connectivity index (χ0) is 15.7. The van der Waals surface area contributed by atoms with Crippen LogP contribution in [0.25, 0.3) is 0 Å². The number of likely N-dealkylation sites (N-methyl/N-ethyl adjacent to an activating group) is 1. The highest BCUT2D eigenvalue weighted by Gasteiger charge is 2.12. The van der Waals surface area contributed by atoms with Crippen molar-refractivity contribution in [1.82, 2.24) is 10.2 Å². The summed E-state index contributed by atoms with van der Waals surface area (Å²) in [6.45, 7) is 6.26. The van der Waals surface area contributed by atoms with Crippen LogP contribution >= 0.6 is 0 Å². The van der Waals surface area contributed by atoms with E-state index >= 15 is 0 Å². The zero-order valence-corrected chi connectivity index (χ0v) is 13.4. The SMILES string of the molecule is COCCNCc1cccc(OCC(=O)N(C)C(C)C)c1. The van der Waals surface area contributed by atoms with Gasteiger partial charge in [0.2, 0.25) is 0 Å². The second-order valence-corrected chi connectivity index (χ2v) is 5.20. The average Bonchev–Trinajstić information content (AvgIpc) is 2.48. The fraction of sp³-hybridized carbons (Fsp3) is 0.562. The number of carbonyl (C=O) groups excluding carboxylic acids is 1. The van der Waals surface area contributed by atoms with Gasteiger partial charge in [-0.15, -0.1) is 0 Å². The fourth-order valence-electron chi connectivity index (χ4n) is 1.69. The van der Waals surface area contributed by atoms with Gasteiger partial charge in [0.1, 0.15) is 5.75 Å². The molecule has 0 aliphatic carbocycles. The molecule has 0 radical (unpaired) electrons. The van der Waals surface area contributed by atoms with Gasteiger partial charge < -0.3 is 19.7 Å². The second-order valence-electron chi connectivity index (χ2n) is 5.20. The molecule has 1 rings (SSSR count). The summed E-state index contributed by atoms with van der Waals surface area (Å²) < 4.78 is 10.5. The Hall–Kier alpha value is -1.59. The molecule has 0 saturated heterocycles. The highest BCUT2D eigenvalue weighted by Crippen LogP contribution is 2.13. The van der Waals surface area contributed by atoms with Crippen LogP contribution in [0.1, 0.15) is 19.4 Å². The van der Waals surface area contributed by atoms with Gasteiger partial charge in [-0.05, 0) is 31.5 Å². The molecular formula is C16H26N2O3. The Morgan fingerprint density at radius 2 is 2.14 bits per heavy atom. The van der Waals surface area contributed by atoms with Gasteiger partial charge in [-0.2, -0.15) is 0 Å². The highest BCUT2D eigenvalue weighted by molar-refractivity contribution is 5.77.